The Bertz CT molecular complexity index is 2140. The number of aliphatic imine (C=N–C) groups is 1. The summed E-state index contributed by atoms with van der Waals surface area (Å²) < 4.78 is 51.6. The number of nitrogens with one attached hydrogen (secondary N) is 2. The number of thiophene rings is 1. The molecule has 374 valence electrons. The first-order valence-corrected chi connectivity index (χ1v) is 24.4. The van der Waals surface area contributed by atoms with Gasteiger partial charge >= 0.3 is 6.09 Å². The molecule has 0 saturated carbocycles. The Morgan fingerprint density at radius 3 is 1.74 bits per heavy atom. The van der Waals surface area contributed by atoms with E-state index in [0.717, 1.165) is 57.3 Å². The number of carbonyl (C=O) groups excluding carboxylic acids is 2. The van der Waals surface area contributed by atoms with Gasteiger partial charge in [0.2, 0.25) is 5.91 Å². The highest BCUT2D eigenvalue weighted by Gasteiger charge is 2.32. The van der Waals surface area contributed by atoms with Gasteiger partial charge in [0.05, 0.1) is 111 Å². The van der Waals surface area contributed by atoms with Crippen LogP contribution in [0, 0.1) is 20.8 Å². The number of alkyl carbamates (subject to hydrolysis) is 1. The van der Waals surface area contributed by atoms with E-state index in [9.17, 15) is 9.59 Å². The molecule has 2 amide bonds. The minimum atomic E-state index is -0.547. The Hall–Kier alpha value is -4.34. The van der Waals surface area contributed by atoms with E-state index in [1.165, 1.54) is 4.88 Å². The predicted octanol–water partition coefficient (Wildman–Crippen LogP) is 7.42. The minimum Gasteiger partial charge on any atom is -0.444 e. The monoisotopic (exact) mass is 984 g/mol. The van der Waals surface area contributed by atoms with Crippen molar-refractivity contribution in [1.29, 1.82) is 0 Å². The quantitative estimate of drug-likeness (QED) is 0.0462. The van der Waals surface area contributed by atoms with Crippen molar-refractivity contribution in [3.05, 3.63) is 92.3 Å². The topological polar surface area (TPSA) is 184 Å². The van der Waals surface area contributed by atoms with Crippen molar-refractivity contribution in [3.8, 4) is 5.00 Å². The first-order chi connectivity index (χ1) is 32.9. The highest BCUT2D eigenvalue weighted by molar-refractivity contribution is 7.15. The molecule has 2 N–H and O–H groups in total. The number of carbonyl (C=O) groups is 2. The summed E-state index contributed by atoms with van der Waals surface area (Å²) in [6.07, 6.45) is 1.36. The van der Waals surface area contributed by atoms with Gasteiger partial charge in [-0.15, -0.1) is 21.5 Å². The number of halogens is 1. The standard InChI is InChI=1S/C49H69ClN6O11S/c1-35-36(2)68-47-44(35)45(39-11-13-40(50)14-12-39)53-42(46-55-54-37(3)56(46)47)34-43(57)52-41-15-9-38(10-16-41)8-7-18-59-20-22-61-24-26-63-28-30-65-32-33-66-31-29-64-27-25-62-23-21-60-19-17-51-48(58)67-49(4,5)6/h9-16,42H,7-8,17-34H2,1-6H3,(H,51,58)(H,52,57)/t42-/m0/s1. The molecule has 0 fully saturated rings. The minimum absolute atomic E-state index is 0.0997. The molecule has 17 nitrogen and oxygen atoms in total. The number of aryl methyl sites for hydroxylation is 3. The van der Waals surface area contributed by atoms with Gasteiger partial charge in [0.1, 0.15) is 22.5 Å². The van der Waals surface area contributed by atoms with Gasteiger partial charge < -0.3 is 53.3 Å². The third-order valence-electron chi connectivity index (χ3n) is 10.2. The maximum absolute atomic E-state index is 13.5. The molecule has 0 bridgehead atoms. The lowest BCUT2D eigenvalue weighted by Crippen LogP contribution is -2.34. The van der Waals surface area contributed by atoms with Gasteiger partial charge in [-0.1, -0.05) is 35.9 Å². The van der Waals surface area contributed by atoms with E-state index < -0.39 is 17.7 Å². The summed E-state index contributed by atoms with van der Waals surface area (Å²) in [6.45, 7) is 19.6. The largest absolute Gasteiger partial charge is 0.444 e. The van der Waals surface area contributed by atoms with E-state index in [-0.39, 0.29) is 12.3 Å². The zero-order valence-corrected chi connectivity index (χ0v) is 42.0. The SMILES string of the molecule is Cc1sc2c(c1C)C(c1ccc(Cl)cc1)=N[C@@H](CC(=O)Nc1ccc(CCCOCCOCCOCCOCCOCCOCCOCCOCCNC(=O)OC(C)(C)C)cc1)c1nnc(C)n1-2. The highest BCUT2D eigenvalue weighted by Crippen LogP contribution is 2.39. The predicted molar refractivity (Wildman–Crippen MR) is 262 cm³/mol. The summed E-state index contributed by atoms with van der Waals surface area (Å²) >= 11 is 7.93. The van der Waals surface area contributed by atoms with Crippen LogP contribution in [0.1, 0.15) is 78.4 Å². The molecule has 68 heavy (non-hydrogen) atoms. The van der Waals surface area contributed by atoms with Crippen LogP contribution in [0.2, 0.25) is 5.02 Å². The number of benzene rings is 2. The van der Waals surface area contributed by atoms with Crippen molar-refractivity contribution in [2.75, 3.05) is 118 Å². The second-order valence-electron chi connectivity index (χ2n) is 16.8. The average molecular weight is 986 g/mol. The van der Waals surface area contributed by atoms with Crippen LogP contribution in [0.3, 0.4) is 0 Å². The summed E-state index contributed by atoms with van der Waals surface area (Å²) in [5, 5.41) is 16.3. The Morgan fingerprint density at radius 2 is 1.21 bits per heavy atom. The van der Waals surface area contributed by atoms with Gasteiger partial charge in [-0.3, -0.25) is 14.4 Å². The Kier molecular flexibility index (Phi) is 23.8. The van der Waals surface area contributed by atoms with Gasteiger partial charge in [-0.05, 0) is 89.8 Å². The lowest BCUT2D eigenvalue weighted by Gasteiger charge is -2.19. The van der Waals surface area contributed by atoms with Gasteiger partial charge in [0.15, 0.2) is 5.82 Å². The first kappa shape index (κ1) is 54.6. The number of nitrogens with zero attached hydrogens (tertiary/aromatic N) is 4. The average Bonchev–Trinajstić information content (AvgIpc) is 3.78. The van der Waals surface area contributed by atoms with Crippen LogP contribution < -0.4 is 10.6 Å². The Labute approximate surface area is 409 Å². The number of ether oxygens (including phenoxy) is 9. The second-order valence-corrected chi connectivity index (χ2v) is 18.4. The van der Waals surface area contributed by atoms with Crippen molar-refractivity contribution in [3.63, 3.8) is 0 Å². The number of amides is 2. The molecule has 3 heterocycles. The van der Waals surface area contributed by atoms with E-state index in [2.05, 4.69) is 34.7 Å². The van der Waals surface area contributed by atoms with E-state index in [1.807, 2.05) is 80.8 Å². The van der Waals surface area contributed by atoms with Crippen molar-refractivity contribution >= 4 is 46.3 Å². The lowest BCUT2D eigenvalue weighted by molar-refractivity contribution is -0.116. The van der Waals surface area contributed by atoms with Crippen molar-refractivity contribution < 1.29 is 52.2 Å². The van der Waals surface area contributed by atoms with E-state index in [4.69, 9.17) is 59.2 Å². The summed E-state index contributed by atoms with van der Waals surface area (Å²) in [7, 11) is 0. The van der Waals surface area contributed by atoms with E-state index in [1.54, 1.807) is 11.3 Å². The maximum Gasteiger partial charge on any atom is 0.407 e. The fraction of sp³-hybridized carbons (Fsp3) is 0.571. The summed E-state index contributed by atoms with van der Waals surface area (Å²) in [4.78, 5) is 31.5. The summed E-state index contributed by atoms with van der Waals surface area (Å²) in [5.41, 5.74) is 5.26. The molecule has 1 aliphatic heterocycles. The van der Waals surface area contributed by atoms with Gasteiger partial charge in [0, 0.05) is 39.9 Å². The number of aromatic nitrogens is 3. The van der Waals surface area contributed by atoms with Crippen LogP contribution in [0.4, 0.5) is 10.5 Å². The molecule has 0 saturated heterocycles. The number of rotatable bonds is 32. The number of fused-ring (bicyclic) bond motifs is 3. The molecule has 0 spiro atoms. The third kappa shape index (κ3) is 19.2. The zero-order chi connectivity index (χ0) is 48.6. The molecule has 1 atom stereocenters. The molecule has 4 aromatic rings. The Morgan fingerprint density at radius 1 is 0.691 bits per heavy atom. The van der Waals surface area contributed by atoms with Crippen LogP contribution in [0.25, 0.3) is 5.00 Å². The normalized spacial score (nSPS) is 13.5. The molecule has 2 aromatic heterocycles. The van der Waals surface area contributed by atoms with Crippen LogP contribution in [0.5, 0.6) is 0 Å². The van der Waals surface area contributed by atoms with Crippen molar-refractivity contribution in [1.82, 2.24) is 20.1 Å². The number of hydrogen-bond acceptors (Lipinski definition) is 15. The summed E-state index contributed by atoms with van der Waals surface area (Å²) in [5.74, 6) is 1.23. The van der Waals surface area contributed by atoms with Gasteiger partial charge in [0.25, 0.3) is 0 Å². The fourth-order valence-corrected chi connectivity index (χ4v) is 8.17. The van der Waals surface area contributed by atoms with E-state index in [0.29, 0.717) is 123 Å². The molecule has 0 radical (unpaired) electrons. The number of anilines is 1. The molecule has 1 aliphatic rings. The zero-order valence-electron chi connectivity index (χ0n) is 40.4. The molecule has 0 aliphatic carbocycles. The molecule has 19 heteroatoms. The van der Waals surface area contributed by atoms with Gasteiger partial charge in [-0.25, -0.2) is 4.79 Å². The summed E-state index contributed by atoms with van der Waals surface area (Å²) in [6, 6.07) is 15.0. The van der Waals surface area contributed by atoms with Gasteiger partial charge in [-0.2, -0.15) is 0 Å². The van der Waals surface area contributed by atoms with E-state index >= 15 is 0 Å². The van der Waals surface area contributed by atoms with Crippen LogP contribution in [-0.4, -0.2) is 150 Å². The molecule has 5 rings (SSSR count). The molecule has 2 aromatic carbocycles. The van der Waals surface area contributed by atoms with Crippen molar-refractivity contribution in [2.24, 2.45) is 4.99 Å². The lowest BCUT2D eigenvalue weighted by atomic mass is 9.99. The highest BCUT2D eigenvalue weighted by atomic mass is 35.5. The van der Waals surface area contributed by atoms with Crippen molar-refractivity contribution in [2.45, 2.75) is 72.4 Å². The maximum atomic E-state index is 13.5. The molecular weight excluding hydrogens is 916 g/mol. The van der Waals surface area contributed by atoms with Crippen LogP contribution in [0.15, 0.2) is 53.5 Å². The number of hydrogen-bond donors (Lipinski definition) is 2. The van der Waals surface area contributed by atoms with Crippen LogP contribution >= 0.6 is 22.9 Å². The Balaban J connectivity index is 0.822. The van der Waals surface area contributed by atoms with Crippen LogP contribution in [-0.2, 0) is 53.8 Å². The second kappa shape index (κ2) is 29.6. The third-order valence-corrected chi connectivity index (χ3v) is 11.7. The first-order valence-electron chi connectivity index (χ1n) is 23.2. The fourth-order valence-electron chi connectivity index (χ4n) is 6.83. The molecular formula is C49H69ClN6O11S. The molecule has 0 unspecified atom stereocenters. The smallest absolute Gasteiger partial charge is 0.407 e.